The van der Waals surface area contributed by atoms with Gasteiger partial charge in [0, 0.05) is 12.5 Å². The molecule has 0 amide bonds. The smallest absolute Gasteiger partial charge is 0.151 e. The van der Waals surface area contributed by atoms with Gasteiger partial charge in [0.2, 0.25) is 0 Å². The van der Waals surface area contributed by atoms with Crippen molar-refractivity contribution >= 4 is 0 Å². The number of fused-ring (bicyclic) bond motifs is 1. The van der Waals surface area contributed by atoms with Gasteiger partial charge < -0.3 is 15.5 Å². The number of aliphatic hydroxyl groups excluding tert-OH is 1. The first-order chi connectivity index (χ1) is 6.68. The highest BCUT2D eigenvalue weighted by Gasteiger charge is 2.40. The summed E-state index contributed by atoms with van der Waals surface area (Å²) in [5.41, 5.74) is 0. The molecule has 0 bridgehead atoms. The lowest BCUT2D eigenvalue weighted by molar-refractivity contribution is -0.0595. The van der Waals surface area contributed by atoms with Gasteiger partial charge in [-0.2, -0.15) is 0 Å². The highest BCUT2D eigenvalue weighted by atomic mass is 16.5. The van der Waals surface area contributed by atoms with Gasteiger partial charge in [0.05, 0.1) is 0 Å². The summed E-state index contributed by atoms with van der Waals surface area (Å²) in [5.74, 6) is 1.91. The molecule has 0 aromatic carbocycles. The molecule has 1 aliphatic heterocycles. The second-order valence-corrected chi connectivity index (χ2v) is 4.98. The Labute approximate surface area is 85.5 Å². The minimum Gasteiger partial charge on any atom is -0.368 e. The van der Waals surface area contributed by atoms with E-state index < -0.39 is 6.29 Å². The number of hydrogen-bond donors (Lipinski definition) is 3. The molecular weight excluding hydrogens is 178 g/mol. The fourth-order valence-electron chi connectivity index (χ4n) is 3.31. The van der Waals surface area contributed by atoms with Crippen LogP contribution in [-0.2, 0) is 0 Å². The van der Waals surface area contributed by atoms with Crippen LogP contribution < -0.4 is 5.32 Å². The quantitative estimate of drug-likeness (QED) is 0.574. The van der Waals surface area contributed by atoms with Crippen molar-refractivity contribution in [2.24, 2.45) is 17.8 Å². The van der Waals surface area contributed by atoms with Gasteiger partial charge in [-0.05, 0) is 37.1 Å². The Balaban J connectivity index is 1.96. The Morgan fingerprint density at radius 3 is 2.86 bits per heavy atom. The van der Waals surface area contributed by atoms with Crippen molar-refractivity contribution < 1.29 is 10.2 Å². The van der Waals surface area contributed by atoms with Crippen molar-refractivity contribution in [2.45, 2.75) is 44.9 Å². The first-order valence-electron chi connectivity index (χ1n) is 5.78. The van der Waals surface area contributed by atoms with Crippen LogP contribution in [0.3, 0.4) is 0 Å². The van der Waals surface area contributed by atoms with E-state index in [1.165, 1.54) is 19.3 Å². The van der Waals surface area contributed by atoms with Gasteiger partial charge in [0.15, 0.2) is 6.29 Å². The molecule has 1 saturated carbocycles. The molecule has 0 aromatic rings. The van der Waals surface area contributed by atoms with Crippen LogP contribution in [0.4, 0.5) is 0 Å². The maximum atomic E-state index is 9.00. The molecule has 1 saturated heterocycles. The summed E-state index contributed by atoms with van der Waals surface area (Å²) in [6, 6.07) is 0.632. The zero-order valence-corrected chi connectivity index (χ0v) is 8.82. The van der Waals surface area contributed by atoms with Crippen LogP contribution in [0.25, 0.3) is 0 Å². The van der Waals surface area contributed by atoms with E-state index in [0.717, 1.165) is 12.5 Å². The lowest BCUT2D eigenvalue weighted by Crippen LogP contribution is -2.37. The van der Waals surface area contributed by atoms with Crippen molar-refractivity contribution in [1.29, 1.82) is 0 Å². The van der Waals surface area contributed by atoms with Gasteiger partial charge in [-0.3, -0.25) is 0 Å². The summed E-state index contributed by atoms with van der Waals surface area (Å²) in [5, 5.41) is 21.5. The molecule has 3 nitrogen and oxygen atoms in total. The number of rotatable bonds is 2. The molecule has 1 aliphatic carbocycles. The van der Waals surface area contributed by atoms with Crippen LogP contribution in [0.15, 0.2) is 0 Å². The Morgan fingerprint density at radius 2 is 2.14 bits per heavy atom. The lowest BCUT2D eigenvalue weighted by atomic mass is 9.74. The maximum Gasteiger partial charge on any atom is 0.151 e. The van der Waals surface area contributed by atoms with Crippen molar-refractivity contribution in [3.8, 4) is 0 Å². The topological polar surface area (TPSA) is 52.5 Å². The molecule has 0 aromatic heterocycles. The third kappa shape index (κ3) is 1.95. The fourth-order valence-corrected chi connectivity index (χ4v) is 3.31. The van der Waals surface area contributed by atoms with Crippen molar-refractivity contribution in [3.63, 3.8) is 0 Å². The van der Waals surface area contributed by atoms with E-state index in [2.05, 4.69) is 12.2 Å². The Bertz CT molecular complexity index is 196. The van der Waals surface area contributed by atoms with Gasteiger partial charge in [-0.1, -0.05) is 13.3 Å². The molecule has 3 heteroatoms. The summed E-state index contributed by atoms with van der Waals surface area (Å²) < 4.78 is 0. The van der Waals surface area contributed by atoms with Crippen molar-refractivity contribution in [3.05, 3.63) is 0 Å². The molecule has 3 N–H and O–H groups in total. The van der Waals surface area contributed by atoms with Crippen LogP contribution in [0.5, 0.6) is 0 Å². The predicted molar refractivity (Wildman–Crippen MR) is 54.6 cm³/mol. The van der Waals surface area contributed by atoms with Gasteiger partial charge >= 0.3 is 0 Å². The Hall–Kier alpha value is -0.120. The van der Waals surface area contributed by atoms with Crippen LogP contribution >= 0.6 is 0 Å². The summed E-state index contributed by atoms with van der Waals surface area (Å²) in [7, 11) is 0. The second kappa shape index (κ2) is 4.17. The van der Waals surface area contributed by atoms with E-state index in [1.807, 2.05) is 0 Å². The normalized spacial score (nSPS) is 42.9. The molecule has 0 radical (unpaired) electrons. The second-order valence-electron chi connectivity index (χ2n) is 4.98. The summed E-state index contributed by atoms with van der Waals surface area (Å²) in [4.78, 5) is 0. The summed E-state index contributed by atoms with van der Waals surface area (Å²) >= 11 is 0. The molecular formula is C11H21NO2. The van der Waals surface area contributed by atoms with Crippen molar-refractivity contribution in [2.75, 3.05) is 6.54 Å². The number of nitrogens with one attached hydrogen (secondary N) is 1. The first kappa shape index (κ1) is 10.4. The largest absolute Gasteiger partial charge is 0.368 e. The molecule has 1 heterocycles. The summed E-state index contributed by atoms with van der Waals surface area (Å²) in [6.07, 6.45) is 3.31. The lowest BCUT2D eigenvalue weighted by Gasteiger charge is -2.33. The molecule has 4 atom stereocenters. The van der Waals surface area contributed by atoms with Gasteiger partial charge in [0.1, 0.15) is 0 Å². The van der Waals surface area contributed by atoms with Gasteiger partial charge in [-0.25, -0.2) is 0 Å². The van der Waals surface area contributed by atoms with Crippen molar-refractivity contribution in [1.82, 2.24) is 5.32 Å². The van der Waals surface area contributed by atoms with E-state index in [4.69, 9.17) is 10.2 Å². The van der Waals surface area contributed by atoms with Crippen LogP contribution in [-0.4, -0.2) is 29.1 Å². The highest BCUT2D eigenvalue weighted by molar-refractivity contribution is 4.95. The molecule has 2 rings (SSSR count). The first-order valence-corrected chi connectivity index (χ1v) is 5.78. The van der Waals surface area contributed by atoms with E-state index in [9.17, 15) is 0 Å². The van der Waals surface area contributed by atoms with E-state index in [1.54, 1.807) is 0 Å². The maximum absolute atomic E-state index is 9.00. The Kier molecular flexibility index (Phi) is 3.10. The molecule has 2 fully saturated rings. The monoisotopic (exact) mass is 199 g/mol. The van der Waals surface area contributed by atoms with Gasteiger partial charge in [0.25, 0.3) is 0 Å². The average Bonchev–Trinajstić information content (AvgIpc) is 2.49. The molecule has 14 heavy (non-hydrogen) atoms. The van der Waals surface area contributed by atoms with E-state index >= 15 is 0 Å². The van der Waals surface area contributed by atoms with Crippen LogP contribution in [0, 0.1) is 17.8 Å². The molecule has 0 spiro atoms. The van der Waals surface area contributed by atoms with Gasteiger partial charge in [-0.15, -0.1) is 0 Å². The standard InChI is InChI=1S/C11H21NO2/c1-7-3-2-4-9-8(5-10(13)14)6-12-11(7)9/h7-14H,2-6H2,1H3. The minimum absolute atomic E-state index is 0.475. The minimum atomic E-state index is -1.13. The fraction of sp³-hybridized carbons (Fsp3) is 1.00. The van der Waals surface area contributed by atoms with Crippen LogP contribution in [0.1, 0.15) is 32.6 Å². The predicted octanol–water partition coefficient (Wildman–Crippen LogP) is 0.711. The molecule has 4 unspecified atom stereocenters. The molecule has 82 valence electrons. The average molecular weight is 199 g/mol. The number of hydrogen-bond acceptors (Lipinski definition) is 3. The van der Waals surface area contributed by atoms with Crippen LogP contribution in [0.2, 0.25) is 0 Å². The zero-order chi connectivity index (χ0) is 10.1. The zero-order valence-electron chi connectivity index (χ0n) is 8.82. The van der Waals surface area contributed by atoms with E-state index in [-0.39, 0.29) is 0 Å². The van der Waals surface area contributed by atoms with E-state index in [0.29, 0.717) is 24.3 Å². The highest BCUT2D eigenvalue weighted by Crippen LogP contribution is 2.39. The third-order valence-corrected chi connectivity index (χ3v) is 4.01. The number of aliphatic hydroxyl groups is 2. The Morgan fingerprint density at radius 1 is 1.36 bits per heavy atom. The molecule has 2 aliphatic rings. The third-order valence-electron chi connectivity index (χ3n) is 4.01. The summed E-state index contributed by atoms with van der Waals surface area (Å²) in [6.45, 7) is 3.28. The SMILES string of the molecule is CC1CCCC2C(CC(O)O)CNC12.